The first-order chi connectivity index (χ1) is 8.86. The van der Waals surface area contributed by atoms with Crippen LogP contribution in [0.3, 0.4) is 0 Å². The Morgan fingerprint density at radius 1 is 1.26 bits per heavy atom. The van der Waals surface area contributed by atoms with Crippen LogP contribution in [0.5, 0.6) is 0 Å². The number of esters is 1. The van der Waals surface area contributed by atoms with Crippen molar-refractivity contribution < 1.29 is 9.53 Å². The van der Waals surface area contributed by atoms with Gasteiger partial charge in [-0.05, 0) is 30.5 Å². The Bertz CT molecular complexity index is 449. The van der Waals surface area contributed by atoms with Crippen LogP contribution >= 0.6 is 23.2 Å². The zero-order valence-electron chi connectivity index (χ0n) is 11.5. The molecule has 1 rings (SSSR count). The Morgan fingerprint density at radius 2 is 1.89 bits per heavy atom. The van der Waals surface area contributed by atoms with Crippen LogP contribution in [0.4, 0.5) is 0 Å². The van der Waals surface area contributed by atoms with Gasteiger partial charge in [0, 0.05) is 16.1 Å². The Labute approximate surface area is 124 Å². The highest BCUT2D eigenvalue weighted by molar-refractivity contribution is 6.35. The molecule has 0 saturated heterocycles. The first-order valence-electron chi connectivity index (χ1n) is 6.15. The molecule has 1 N–H and O–H groups in total. The van der Waals surface area contributed by atoms with Crippen molar-refractivity contribution in [3.05, 3.63) is 33.8 Å². The Balaban J connectivity index is 2.87. The summed E-state index contributed by atoms with van der Waals surface area (Å²) in [6.45, 7) is 5.88. The summed E-state index contributed by atoms with van der Waals surface area (Å²) >= 11 is 12.0. The molecule has 3 nitrogen and oxygen atoms in total. The highest BCUT2D eigenvalue weighted by Gasteiger charge is 2.25. The molecule has 0 spiro atoms. The lowest BCUT2D eigenvalue weighted by atomic mass is 10.0. The van der Waals surface area contributed by atoms with Crippen LogP contribution in [0.15, 0.2) is 18.2 Å². The van der Waals surface area contributed by atoms with E-state index in [2.05, 4.69) is 5.32 Å². The summed E-state index contributed by atoms with van der Waals surface area (Å²) in [6.07, 6.45) is 0. The van der Waals surface area contributed by atoms with E-state index in [1.54, 1.807) is 12.1 Å². The summed E-state index contributed by atoms with van der Waals surface area (Å²) in [7, 11) is 1.39. The van der Waals surface area contributed by atoms with Crippen molar-refractivity contribution in [1.29, 1.82) is 0 Å². The number of halogens is 2. The first-order valence-corrected chi connectivity index (χ1v) is 6.91. The number of nitrogens with one attached hydrogen (secondary N) is 1. The molecule has 0 aliphatic heterocycles. The van der Waals surface area contributed by atoms with Gasteiger partial charge in [-0.25, -0.2) is 0 Å². The number of carbonyl (C=O) groups excluding carboxylic acids is 1. The van der Waals surface area contributed by atoms with Crippen LogP contribution in [-0.2, 0) is 9.53 Å². The van der Waals surface area contributed by atoms with Crippen LogP contribution in [0, 0.1) is 5.92 Å². The molecule has 0 aliphatic rings. The minimum Gasteiger partial charge on any atom is -0.468 e. The molecular formula is C14H19Cl2NO2. The van der Waals surface area contributed by atoms with E-state index in [9.17, 15) is 4.79 Å². The Kier molecular flexibility index (Phi) is 6.11. The quantitative estimate of drug-likeness (QED) is 0.840. The summed E-state index contributed by atoms with van der Waals surface area (Å²) in [5.41, 5.74) is 0.903. The van der Waals surface area contributed by atoms with Gasteiger partial charge in [-0.15, -0.1) is 0 Å². The van der Waals surface area contributed by atoms with Gasteiger partial charge in [0.15, 0.2) is 0 Å². The molecule has 2 atom stereocenters. The topological polar surface area (TPSA) is 38.3 Å². The lowest BCUT2D eigenvalue weighted by molar-refractivity contribution is -0.144. The maximum Gasteiger partial charge on any atom is 0.323 e. The second kappa shape index (κ2) is 7.13. The highest BCUT2D eigenvalue weighted by atomic mass is 35.5. The summed E-state index contributed by atoms with van der Waals surface area (Å²) < 4.78 is 4.80. The zero-order valence-corrected chi connectivity index (χ0v) is 13.0. The monoisotopic (exact) mass is 303 g/mol. The predicted molar refractivity (Wildman–Crippen MR) is 78.7 cm³/mol. The van der Waals surface area contributed by atoms with Crippen molar-refractivity contribution in [3.63, 3.8) is 0 Å². The van der Waals surface area contributed by atoms with E-state index in [1.165, 1.54) is 7.11 Å². The van der Waals surface area contributed by atoms with Gasteiger partial charge in [0.25, 0.3) is 0 Å². The summed E-state index contributed by atoms with van der Waals surface area (Å²) in [5.74, 6) is -0.145. The third kappa shape index (κ3) is 4.37. The van der Waals surface area contributed by atoms with Gasteiger partial charge >= 0.3 is 5.97 Å². The van der Waals surface area contributed by atoms with Gasteiger partial charge in [0.05, 0.1) is 7.11 Å². The second-order valence-electron chi connectivity index (χ2n) is 4.80. The first kappa shape index (κ1) is 16.3. The normalized spacial score (nSPS) is 14.3. The predicted octanol–water partition coefficient (Wildman–Crippen LogP) is 3.84. The average Bonchev–Trinajstić information content (AvgIpc) is 2.34. The molecule has 0 aliphatic carbocycles. The smallest absolute Gasteiger partial charge is 0.323 e. The fraction of sp³-hybridized carbons (Fsp3) is 0.500. The fourth-order valence-corrected chi connectivity index (χ4v) is 2.44. The number of hydrogen-bond donors (Lipinski definition) is 1. The second-order valence-corrected chi connectivity index (χ2v) is 5.64. The van der Waals surface area contributed by atoms with Crippen molar-refractivity contribution in [3.8, 4) is 0 Å². The number of methoxy groups -OCH3 is 1. The Hall–Kier alpha value is -0.770. The van der Waals surface area contributed by atoms with E-state index in [4.69, 9.17) is 27.9 Å². The van der Waals surface area contributed by atoms with Crippen LogP contribution in [0.2, 0.25) is 10.0 Å². The van der Waals surface area contributed by atoms with Crippen LogP contribution in [0.25, 0.3) is 0 Å². The van der Waals surface area contributed by atoms with Crippen LogP contribution < -0.4 is 5.32 Å². The van der Waals surface area contributed by atoms with Gasteiger partial charge in [0.2, 0.25) is 0 Å². The summed E-state index contributed by atoms with van der Waals surface area (Å²) in [6, 6.07) is 4.89. The molecule has 5 heteroatoms. The lowest BCUT2D eigenvalue weighted by Crippen LogP contribution is -2.43. The van der Waals surface area contributed by atoms with Gasteiger partial charge in [-0.1, -0.05) is 43.1 Å². The van der Waals surface area contributed by atoms with Crippen molar-refractivity contribution in [2.45, 2.75) is 32.9 Å². The van der Waals surface area contributed by atoms with E-state index in [1.807, 2.05) is 26.8 Å². The third-order valence-electron chi connectivity index (χ3n) is 2.98. The minimum atomic E-state index is -0.369. The SMILES string of the molecule is COC(=O)C(NC(C)c1ccc(Cl)cc1Cl)C(C)C. The van der Waals surface area contributed by atoms with E-state index >= 15 is 0 Å². The molecule has 0 radical (unpaired) electrons. The van der Waals surface area contributed by atoms with Crippen molar-refractivity contribution in [2.24, 2.45) is 5.92 Å². The van der Waals surface area contributed by atoms with Crippen LogP contribution in [0.1, 0.15) is 32.4 Å². The molecule has 0 aromatic heterocycles. The summed E-state index contributed by atoms with van der Waals surface area (Å²) in [5, 5.41) is 4.42. The van der Waals surface area contributed by atoms with Gasteiger partial charge in [-0.2, -0.15) is 0 Å². The molecule has 0 saturated carbocycles. The standard InChI is InChI=1S/C14H19Cl2NO2/c1-8(2)13(14(18)19-4)17-9(3)11-6-5-10(15)7-12(11)16/h5-9,13,17H,1-4H3. The minimum absolute atomic E-state index is 0.0729. The largest absolute Gasteiger partial charge is 0.468 e. The number of hydrogen-bond acceptors (Lipinski definition) is 3. The van der Waals surface area contributed by atoms with Crippen molar-refractivity contribution in [2.75, 3.05) is 7.11 Å². The highest BCUT2D eigenvalue weighted by Crippen LogP contribution is 2.26. The maximum atomic E-state index is 11.7. The number of rotatable bonds is 5. The zero-order chi connectivity index (χ0) is 14.6. The lowest BCUT2D eigenvalue weighted by Gasteiger charge is -2.25. The van der Waals surface area contributed by atoms with Crippen molar-refractivity contribution >= 4 is 29.2 Å². The molecule has 1 aromatic carbocycles. The molecular weight excluding hydrogens is 285 g/mol. The average molecular weight is 304 g/mol. The molecule has 19 heavy (non-hydrogen) atoms. The van der Waals surface area contributed by atoms with Gasteiger partial charge in [-0.3, -0.25) is 10.1 Å². The van der Waals surface area contributed by atoms with E-state index < -0.39 is 0 Å². The molecule has 0 bridgehead atoms. The molecule has 0 fully saturated rings. The van der Waals surface area contributed by atoms with Gasteiger partial charge in [0.1, 0.15) is 6.04 Å². The number of carbonyl (C=O) groups is 1. The maximum absolute atomic E-state index is 11.7. The van der Waals surface area contributed by atoms with E-state index in [0.29, 0.717) is 10.0 Å². The fourth-order valence-electron chi connectivity index (χ4n) is 1.87. The third-order valence-corrected chi connectivity index (χ3v) is 3.54. The molecule has 1 aromatic rings. The number of ether oxygens (including phenoxy) is 1. The van der Waals surface area contributed by atoms with E-state index in [0.717, 1.165) is 5.56 Å². The molecule has 0 heterocycles. The number of benzene rings is 1. The van der Waals surface area contributed by atoms with E-state index in [-0.39, 0.29) is 24.0 Å². The van der Waals surface area contributed by atoms with Crippen molar-refractivity contribution in [1.82, 2.24) is 5.32 Å². The summed E-state index contributed by atoms with van der Waals surface area (Å²) in [4.78, 5) is 11.7. The van der Waals surface area contributed by atoms with Crippen LogP contribution in [-0.4, -0.2) is 19.1 Å². The molecule has 106 valence electrons. The Morgan fingerprint density at radius 3 is 2.37 bits per heavy atom. The molecule has 2 unspecified atom stereocenters. The molecule has 0 amide bonds. The van der Waals surface area contributed by atoms with Gasteiger partial charge < -0.3 is 4.74 Å².